The molecule has 1 heterocycles. The number of nitrogens with two attached hydrogens (primary N) is 1. The van der Waals surface area contributed by atoms with E-state index in [9.17, 15) is 0 Å². The van der Waals surface area contributed by atoms with Gasteiger partial charge in [0.25, 0.3) is 0 Å². The molecule has 0 radical (unpaired) electrons. The zero-order valence-electron chi connectivity index (χ0n) is 9.26. The number of benzene rings is 1. The van der Waals surface area contributed by atoms with E-state index < -0.39 is 0 Å². The fraction of sp³-hybridized carbons (Fsp3) is 0.333. The molecular weight excluding hydrogens is 202 g/mol. The van der Waals surface area contributed by atoms with Crippen LogP contribution in [0.4, 0.5) is 0 Å². The van der Waals surface area contributed by atoms with E-state index in [-0.39, 0.29) is 6.04 Å². The molecule has 0 aliphatic heterocycles. The van der Waals surface area contributed by atoms with Gasteiger partial charge >= 0.3 is 0 Å². The molecule has 0 spiro atoms. The number of nitrogens with zero attached hydrogens (tertiary/aromatic N) is 2. The van der Waals surface area contributed by atoms with Crippen LogP contribution >= 0.6 is 0 Å². The Morgan fingerprint density at radius 2 is 2.06 bits per heavy atom. The summed E-state index contributed by atoms with van der Waals surface area (Å²) in [5.74, 6) is 1.32. The molecule has 0 aliphatic rings. The molecule has 1 aromatic carbocycles. The van der Waals surface area contributed by atoms with Crippen LogP contribution in [0.5, 0.6) is 0 Å². The minimum atomic E-state index is 0.0463. The average molecular weight is 217 g/mol. The summed E-state index contributed by atoms with van der Waals surface area (Å²) in [7, 11) is 0. The molecule has 0 bridgehead atoms. The minimum absolute atomic E-state index is 0.0463. The van der Waals surface area contributed by atoms with Gasteiger partial charge in [-0.2, -0.15) is 4.98 Å². The first kappa shape index (κ1) is 10.8. The topological polar surface area (TPSA) is 64.9 Å². The van der Waals surface area contributed by atoms with Crippen molar-refractivity contribution in [2.24, 2.45) is 5.73 Å². The van der Waals surface area contributed by atoms with Gasteiger partial charge in [-0.25, -0.2) is 0 Å². The summed E-state index contributed by atoms with van der Waals surface area (Å²) < 4.78 is 5.11. The molecule has 4 heteroatoms. The second-order valence-electron chi connectivity index (χ2n) is 3.95. The largest absolute Gasteiger partial charge is 0.339 e. The van der Waals surface area contributed by atoms with E-state index in [4.69, 9.17) is 10.3 Å². The molecule has 0 fully saturated rings. The molecule has 2 aromatic rings. The van der Waals surface area contributed by atoms with E-state index in [2.05, 4.69) is 10.1 Å². The lowest BCUT2D eigenvalue weighted by Crippen LogP contribution is -2.17. The second-order valence-corrected chi connectivity index (χ2v) is 3.95. The summed E-state index contributed by atoms with van der Waals surface area (Å²) in [6.45, 7) is 1.92. The minimum Gasteiger partial charge on any atom is -0.339 e. The first-order valence-corrected chi connectivity index (χ1v) is 5.35. The normalized spacial score (nSPS) is 12.6. The maximum absolute atomic E-state index is 5.66. The van der Waals surface area contributed by atoms with E-state index >= 15 is 0 Å². The predicted octanol–water partition coefficient (Wildman–Crippen LogP) is 1.55. The van der Waals surface area contributed by atoms with E-state index in [0.29, 0.717) is 24.6 Å². The molecule has 0 saturated carbocycles. The van der Waals surface area contributed by atoms with Crippen LogP contribution < -0.4 is 5.73 Å². The van der Waals surface area contributed by atoms with Crippen molar-refractivity contribution < 1.29 is 4.52 Å². The molecule has 1 atom stereocenters. The summed E-state index contributed by atoms with van der Waals surface area (Å²) >= 11 is 0. The van der Waals surface area contributed by atoms with Crippen molar-refractivity contribution in [3.05, 3.63) is 47.6 Å². The standard InChI is InChI=1S/C12H15N3O/c1-9(13)7-12-14-11(15-16-12)8-10-5-3-2-4-6-10/h2-6,9H,7-8,13H2,1H3. The summed E-state index contributed by atoms with van der Waals surface area (Å²) in [4.78, 5) is 4.29. The van der Waals surface area contributed by atoms with Crippen LogP contribution in [0.3, 0.4) is 0 Å². The summed E-state index contributed by atoms with van der Waals surface area (Å²) in [5, 5.41) is 3.92. The average Bonchev–Trinajstić information content (AvgIpc) is 2.66. The Morgan fingerprint density at radius 3 is 2.75 bits per heavy atom. The van der Waals surface area contributed by atoms with E-state index in [1.54, 1.807) is 0 Å². The van der Waals surface area contributed by atoms with Gasteiger partial charge in [0.1, 0.15) is 0 Å². The summed E-state index contributed by atoms with van der Waals surface area (Å²) in [5.41, 5.74) is 6.84. The molecular formula is C12H15N3O. The first-order chi connectivity index (χ1) is 7.74. The second kappa shape index (κ2) is 4.90. The number of aromatic nitrogens is 2. The van der Waals surface area contributed by atoms with Crippen LogP contribution in [0.25, 0.3) is 0 Å². The first-order valence-electron chi connectivity index (χ1n) is 5.35. The van der Waals surface area contributed by atoms with Gasteiger partial charge in [-0.15, -0.1) is 0 Å². The molecule has 0 aliphatic carbocycles. The van der Waals surface area contributed by atoms with Crippen molar-refractivity contribution in [3.8, 4) is 0 Å². The van der Waals surface area contributed by atoms with Gasteiger partial charge in [0, 0.05) is 18.9 Å². The highest BCUT2D eigenvalue weighted by Crippen LogP contribution is 2.07. The van der Waals surface area contributed by atoms with Crippen LogP contribution in [0, 0.1) is 0 Å². The lowest BCUT2D eigenvalue weighted by Gasteiger charge is -1.97. The smallest absolute Gasteiger partial charge is 0.228 e. The zero-order valence-corrected chi connectivity index (χ0v) is 9.26. The van der Waals surface area contributed by atoms with Crippen molar-refractivity contribution in [1.82, 2.24) is 10.1 Å². The van der Waals surface area contributed by atoms with Gasteiger partial charge < -0.3 is 10.3 Å². The maximum Gasteiger partial charge on any atom is 0.228 e. The molecule has 84 valence electrons. The lowest BCUT2D eigenvalue weighted by molar-refractivity contribution is 0.367. The monoisotopic (exact) mass is 217 g/mol. The molecule has 16 heavy (non-hydrogen) atoms. The molecule has 2 N–H and O–H groups in total. The third kappa shape index (κ3) is 2.90. The molecule has 1 aromatic heterocycles. The zero-order chi connectivity index (χ0) is 11.4. The van der Waals surface area contributed by atoms with Crippen LogP contribution in [-0.4, -0.2) is 16.2 Å². The Balaban J connectivity index is 2.03. The van der Waals surface area contributed by atoms with Gasteiger partial charge in [-0.05, 0) is 12.5 Å². The third-order valence-electron chi connectivity index (χ3n) is 2.21. The fourth-order valence-electron chi connectivity index (χ4n) is 1.50. The maximum atomic E-state index is 5.66. The molecule has 0 amide bonds. The Labute approximate surface area is 94.5 Å². The molecule has 2 rings (SSSR count). The molecule has 1 unspecified atom stereocenters. The number of rotatable bonds is 4. The van der Waals surface area contributed by atoms with Crippen LogP contribution in [-0.2, 0) is 12.8 Å². The van der Waals surface area contributed by atoms with Crippen LogP contribution in [0.1, 0.15) is 24.2 Å². The lowest BCUT2D eigenvalue weighted by atomic mass is 10.1. The summed E-state index contributed by atoms with van der Waals surface area (Å²) in [6, 6.07) is 10.1. The highest BCUT2D eigenvalue weighted by Gasteiger charge is 2.08. The Morgan fingerprint density at radius 1 is 1.31 bits per heavy atom. The van der Waals surface area contributed by atoms with Gasteiger partial charge in [0.2, 0.25) is 5.89 Å². The van der Waals surface area contributed by atoms with Gasteiger partial charge in [0.15, 0.2) is 5.82 Å². The molecule has 4 nitrogen and oxygen atoms in total. The fourth-order valence-corrected chi connectivity index (χ4v) is 1.50. The van der Waals surface area contributed by atoms with E-state index in [0.717, 1.165) is 0 Å². The van der Waals surface area contributed by atoms with Crippen molar-refractivity contribution in [2.45, 2.75) is 25.8 Å². The molecule has 0 saturated heterocycles. The Kier molecular flexibility index (Phi) is 3.31. The Bertz CT molecular complexity index is 437. The van der Waals surface area contributed by atoms with Gasteiger partial charge in [-0.3, -0.25) is 0 Å². The Hall–Kier alpha value is -1.68. The highest BCUT2D eigenvalue weighted by molar-refractivity contribution is 5.18. The third-order valence-corrected chi connectivity index (χ3v) is 2.21. The van der Waals surface area contributed by atoms with E-state index in [1.807, 2.05) is 37.3 Å². The number of hydrogen-bond acceptors (Lipinski definition) is 4. The van der Waals surface area contributed by atoms with E-state index in [1.165, 1.54) is 5.56 Å². The van der Waals surface area contributed by atoms with Gasteiger partial charge in [0.05, 0.1) is 0 Å². The SMILES string of the molecule is CC(N)Cc1nc(Cc2ccccc2)no1. The van der Waals surface area contributed by atoms with Crippen molar-refractivity contribution >= 4 is 0 Å². The van der Waals surface area contributed by atoms with Crippen molar-refractivity contribution in [3.63, 3.8) is 0 Å². The summed E-state index contributed by atoms with van der Waals surface area (Å²) in [6.07, 6.45) is 1.32. The van der Waals surface area contributed by atoms with Gasteiger partial charge in [-0.1, -0.05) is 35.5 Å². The highest BCUT2D eigenvalue weighted by atomic mass is 16.5. The van der Waals surface area contributed by atoms with Crippen LogP contribution in [0.2, 0.25) is 0 Å². The number of hydrogen-bond donors (Lipinski definition) is 1. The predicted molar refractivity (Wildman–Crippen MR) is 60.9 cm³/mol. The quantitative estimate of drug-likeness (QED) is 0.843. The van der Waals surface area contributed by atoms with Crippen LogP contribution in [0.15, 0.2) is 34.9 Å². The van der Waals surface area contributed by atoms with Crippen molar-refractivity contribution in [1.29, 1.82) is 0 Å². The van der Waals surface area contributed by atoms with Crippen molar-refractivity contribution in [2.75, 3.05) is 0 Å².